The number of halogens is 3. The molecule has 1 amide bonds. The summed E-state index contributed by atoms with van der Waals surface area (Å²) in [6, 6.07) is 0. The summed E-state index contributed by atoms with van der Waals surface area (Å²) in [6.07, 6.45) is 0. The van der Waals surface area contributed by atoms with Gasteiger partial charge < -0.3 is 5.73 Å². The second-order valence-electron chi connectivity index (χ2n) is 0.858. The van der Waals surface area contributed by atoms with Gasteiger partial charge in [0, 0.05) is 6.92 Å². The third kappa shape index (κ3) is 831. The van der Waals surface area contributed by atoms with Gasteiger partial charge in [0.2, 0.25) is 5.91 Å². The molecule has 0 rings (SSSR count). The highest BCUT2D eigenvalue weighted by Gasteiger charge is 1.83. The quantitative estimate of drug-likeness (QED) is 0.507. The zero-order valence-corrected chi connectivity index (χ0v) is 4.95. The first-order chi connectivity index (χ1) is 3.46. The van der Waals surface area contributed by atoms with Crippen LogP contribution in [0.25, 0.3) is 0 Å². The first-order valence-corrected chi connectivity index (χ1v) is 2.08. The van der Waals surface area contributed by atoms with Gasteiger partial charge in [-0.05, 0) is 0 Å². The summed E-state index contributed by atoms with van der Waals surface area (Å²) in [7, 11) is 0. The lowest BCUT2D eigenvalue weighted by atomic mass is 10.8. The van der Waals surface area contributed by atoms with Crippen LogP contribution in [0.2, 0.25) is 0 Å². The number of rotatable bonds is 0. The van der Waals surface area contributed by atoms with Gasteiger partial charge >= 0.3 is 5.88 Å². The van der Waals surface area contributed by atoms with Crippen molar-refractivity contribution in [3.63, 3.8) is 0 Å². The van der Waals surface area contributed by atoms with E-state index in [1.165, 1.54) is 6.92 Å². The molecule has 0 unspecified atom stereocenters. The van der Waals surface area contributed by atoms with Gasteiger partial charge in [-0.2, -0.15) is 8.78 Å². The van der Waals surface area contributed by atoms with Crippen LogP contribution in [0.5, 0.6) is 0 Å². The molecule has 0 radical (unpaired) electrons. The first-order valence-electron chi connectivity index (χ1n) is 1.65. The summed E-state index contributed by atoms with van der Waals surface area (Å²) in [5, 5.41) is 0. The van der Waals surface area contributed by atoms with Gasteiger partial charge in [-0.25, -0.2) is 0 Å². The third-order valence-corrected chi connectivity index (χ3v) is 0. The van der Waals surface area contributed by atoms with E-state index in [9.17, 15) is 13.6 Å². The zero-order valence-electron chi connectivity index (χ0n) is 4.20. The fraction of sp³-hybridized carbons (Fsp3) is 0.667. The number of carbonyl (C=O) groups is 1. The number of alkyl halides is 3. The second-order valence-corrected chi connectivity index (χ2v) is 1.19. The minimum atomic E-state index is -2.69. The number of amides is 1. The van der Waals surface area contributed by atoms with Gasteiger partial charge in [0.25, 0.3) is 0 Å². The first kappa shape index (κ1) is 10.6. The second kappa shape index (κ2) is 6.62. The maximum Gasteiger partial charge on any atom is 0.312 e. The Hall–Kier alpha value is -0.380. The summed E-state index contributed by atoms with van der Waals surface area (Å²) in [6.45, 7) is 1.31. The number of carbonyl (C=O) groups excluding carboxylic acids is 1. The Bertz CT molecular complexity index is 61.5. The smallest absolute Gasteiger partial charge is 0.312 e. The molecule has 0 saturated heterocycles. The van der Waals surface area contributed by atoms with Gasteiger partial charge in [0.05, 0.1) is 0 Å². The molecule has 8 heavy (non-hydrogen) atoms. The summed E-state index contributed by atoms with van der Waals surface area (Å²) in [4.78, 5) is 9.22. The van der Waals surface area contributed by atoms with Crippen LogP contribution in [-0.2, 0) is 4.79 Å². The van der Waals surface area contributed by atoms with Gasteiger partial charge in [-0.3, -0.25) is 4.79 Å². The Morgan fingerprint density at radius 3 is 1.75 bits per heavy atom. The normalized spacial score (nSPS) is 7.62. The predicted molar refractivity (Wildman–Crippen MR) is 26.7 cm³/mol. The van der Waals surface area contributed by atoms with E-state index in [1.54, 1.807) is 0 Å². The van der Waals surface area contributed by atoms with Crippen LogP contribution in [0.1, 0.15) is 6.92 Å². The van der Waals surface area contributed by atoms with Crippen molar-refractivity contribution in [3.05, 3.63) is 0 Å². The van der Waals surface area contributed by atoms with Crippen molar-refractivity contribution in [1.29, 1.82) is 0 Å². The predicted octanol–water partition coefficient (Wildman–Crippen LogP) is 0.939. The molecular formula is C3H6ClF2NO. The number of hydrogen-bond donors (Lipinski definition) is 1. The van der Waals surface area contributed by atoms with E-state index in [2.05, 4.69) is 17.3 Å². The molecule has 0 saturated carbocycles. The van der Waals surface area contributed by atoms with E-state index >= 15 is 0 Å². The van der Waals surface area contributed by atoms with Crippen LogP contribution >= 0.6 is 11.6 Å². The minimum Gasteiger partial charge on any atom is -0.370 e. The lowest BCUT2D eigenvalue weighted by Crippen LogP contribution is -2.01. The molecule has 2 nitrogen and oxygen atoms in total. The summed E-state index contributed by atoms with van der Waals surface area (Å²) < 4.78 is 20.2. The molecule has 2 N–H and O–H groups in total. The topological polar surface area (TPSA) is 43.1 Å². The van der Waals surface area contributed by atoms with Crippen molar-refractivity contribution >= 4 is 17.5 Å². The number of hydrogen-bond acceptors (Lipinski definition) is 1. The van der Waals surface area contributed by atoms with Crippen LogP contribution in [0.4, 0.5) is 8.78 Å². The Kier molecular flexibility index (Phi) is 8.75. The minimum absolute atomic E-state index is 0.333. The highest BCUT2D eigenvalue weighted by molar-refractivity contribution is 6.18. The Balaban J connectivity index is 0. The molecule has 0 fully saturated rings. The fourth-order valence-corrected chi connectivity index (χ4v) is 0. The molecule has 50 valence electrons. The van der Waals surface area contributed by atoms with Crippen LogP contribution in [0.3, 0.4) is 0 Å². The fourth-order valence-electron chi connectivity index (χ4n) is 0. The molecule has 0 aromatic carbocycles. The lowest BCUT2D eigenvalue weighted by Gasteiger charge is -1.66. The summed E-state index contributed by atoms with van der Waals surface area (Å²) >= 11 is 3.94. The molecule has 0 spiro atoms. The highest BCUT2D eigenvalue weighted by Crippen LogP contribution is 1.93. The van der Waals surface area contributed by atoms with Crippen LogP contribution in [0, 0.1) is 0 Å². The van der Waals surface area contributed by atoms with Crippen molar-refractivity contribution in [2.24, 2.45) is 5.73 Å². The molecule has 0 aromatic rings. The van der Waals surface area contributed by atoms with Gasteiger partial charge in [-0.1, -0.05) is 11.6 Å². The van der Waals surface area contributed by atoms with Crippen molar-refractivity contribution in [3.8, 4) is 0 Å². The monoisotopic (exact) mass is 145 g/mol. The molecule has 0 heterocycles. The molecule has 0 bridgehead atoms. The van der Waals surface area contributed by atoms with Crippen LogP contribution in [-0.4, -0.2) is 11.8 Å². The SMILES string of the molecule is CC(N)=O.FC(F)Cl. The number of primary amides is 1. The average Bonchev–Trinajstić information content (AvgIpc) is 1.25. The van der Waals surface area contributed by atoms with E-state index in [0.29, 0.717) is 0 Å². The van der Waals surface area contributed by atoms with Crippen molar-refractivity contribution in [2.45, 2.75) is 12.8 Å². The lowest BCUT2D eigenvalue weighted by molar-refractivity contribution is -0.115. The van der Waals surface area contributed by atoms with Crippen LogP contribution < -0.4 is 5.73 Å². The highest BCUT2D eigenvalue weighted by atomic mass is 35.5. The molecule has 0 aliphatic carbocycles. The molecule has 5 heteroatoms. The zero-order chi connectivity index (χ0) is 7.15. The molecule has 0 aliphatic heterocycles. The van der Waals surface area contributed by atoms with E-state index in [1.807, 2.05) is 0 Å². The van der Waals surface area contributed by atoms with Gasteiger partial charge in [-0.15, -0.1) is 0 Å². The van der Waals surface area contributed by atoms with Gasteiger partial charge in [0.1, 0.15) is 0 Å². The van der Waals surface area contributed by atoms with Crippen LogP contribution in [0.15, 0.2) is 0 Å². The molecular weight excluding hydrogens is 139 g/mol. The van der Waals surface area contributed by atoms with E-state index in [-0.39, 0.29) is 5.91 Å². The van der Waals surface area contributed by atoms with E-state index in [0.717, 1.165) is 0 Å². The van der Waals surface area contributed by atoms with Crippen molar-refractivity contribution in [1.82, 2.24) is 0 Å². The average molecular weight is 146 g/mol. The van der Waals surface area contributed by atoms with E-state index in [4.69, 9.17) is 0 Å². The molecule has 0 atom stereocenters. The van der Waals surface area contributed by atoms with Gasteiger partial charge in [0.15, 0.2) is 0 Å². The summed E-state index contributed by atoms with van der Waals surface area (Å²) in [5.74, 6) is -3.03. The van der Waals surface area contributed by atoms with Crippen molar-refractivity contribution < 1.29 is 13.6 Å². The van der Waals surface area contributed by atoms with Crippen molar-refractivity contribution in [2.75, 3.05) is 0 Å². The molecule has 0 aromatic heterocycles. The largest absolute Gasteiger partial charge is 0.370 e. The standard InChI is InChI=1S/C2H5NO.CHClF2/c1-2(3)4;2-1(3)4/h1H3,(H2,3,4);1H. The number of nitrogens with two attached hydrogens (primary N) is 1. The third-order valence-electron chi connectivity index (χ3n) is 0. The maximum absolute atomic E-state index is 10.1. The molecule has 0 aliphatic rings. The van der Waals surface area contributed by atoms with E-state index < -0.39 is 5.88 Å². The Morgan fingerprint density at radius 2 is 1.75 bits per heavy atom. The Labute approximate surface area is 50.6 Å². The summed E-state index contributed by atoms with van der Waals surface area (Å²) in [5.41, 5.74) is 4.47. The maximum atomic E-state index is 10.1. The Morgan fingerprint density at radius 1 is 1.75 bits per heavy atom.